The molecule has 0 aromatic heterocycles. The smallest absolute Gasteiger partial charge is 0.0372 e. The molecule has 2 rings (SSSR count). The predicted molar refractivity (Wildman–Crippen MR) is 65.5 cm³/mol. The van der Waals surface area contributed by atoms with Crippen molar-refractivity contribution in [3.63, 3.8) is 0 Å². The van der Waals surface area contributed by atoms with Crippen LogP contribution in [-0.4, -0.2) is 6.54 Å². The average molecular weight is 201 g/mol. The van der Waals surface area contributed by atoms with Crippen molar-refractivity contribution in [3.05, 3.63) is 47.2 Å². The molecule has 80 valence electrons. The third-order valence-electron chi connectivity index (χ3n) is 2.98. The van der Waals surface area contributed by atoms with Gasteiger partial charge in [0.2, 0.25) is 0 Å². The monoisotopic (exact) mass is 201 g/mol. The van der Waals surface area contributed by atoms with Gasteiger partial charge in [0.05, 0.1) is 0 Å². The fourth-order valence-corrected chi connectivity index (χ4v) is 1.98. The Kier molecular flexibility index (Phi) is 3.10. The first-order valence-electron chi connectivity index (χ1n) is 5.81. The van der Waals surface area contributed by atoms with E-state index in [4.69, 9.17) is 0 Å². The van der Waals surface area contributed by atoms with Crippen molar-refractivity contribution in [1.82, 2.24) is 5.32 Å². The van der Waals surface area contributed by atoms with Gasteiger partial charge in [0.25, 0.3) is 0 Å². The lowest BCUT2D eigenvalue weighted by molar-refractivity contribution is 0.668. The largest absolute Gasteiger partial charge is 0.385 e. The van der Waals surface area contributed by atoms with Gasteiger partial charge >= 0.3 is 0 Å². The van der Waals surface area contributed by atoms with Crippen LogP contribution < -0.4 is 5.32 Å². The van der Waals surface area contributed by atoms with Gasteiger partial charge in [-0.05, 0) is 36.0 Å². The second-order valence-corrected chi connectivity index (χ2v) is 4.48. The summed E-state index contributed by atoms with van der Waals surface area (Å²) >= 11 is 0. The molecule has 0 radical (unpaired) electrons. The molecule has 1 nitrogen and oxygen atoms in total. The first-order chi connectivity index (χ1) is 7.27. The minimum Gasteiger partial charge on any atom is -0.385 e. The standard InChI is InChI=1S/C14H19N/c1-11(2)12-5-3-6-13-7-4-10-15-14(13)9-8-12/h3,5-6,8-9,11,15H,4,7,10H2,1-2H3/b5-3+,6-3?,9-8?,12-5?,12-8-,13-6-,14-9+. The van der Waals surface area contributed by atoms with Gasteiger partial charge < -0.3 is 5.32 Å². The van der Waals surface area contributed by atoms with E-state index in [1.807, 2.05) is 0 Å². The molecule has 1 saturated heterocycles. The van der Waals surface area contributed by atoms with Crippen molar-refractivity contribution in [3.8, 4) is 0 Å². The Bertz CT molecular complexity index is 354. The second kappa shape index (κ2) is 4.52. The molecule has 15 heavy (non-hydrogen) atoms. The lowest BCUT2D eigenvalue weighted by atomic mass is 9.96. The lowest BCUT2D eigenvalue weighted by Gasteiger charge is -2.21. The molecule has 0 aromatic rings. The van der Waals surface area contributed by atoms with Crippen LogP contribution in [0.1, 0.15) is 26.7 Å². The van der Waals surface area contributed by atoms with Gasteiger partial charge in [0.1, 0.15) is 0 Å². The van der Waals surface area contributed by atoms with E-state index in [0.717, 1.165) is 6.54 Å². The zero-order chi connectivity index (χ0) is 10.7. The van der Waals surface area contributed by atoms with Crippen molar-refractivity contribution >= 4 is 0 Å². The molecule has 1 heteroatoms. The SMILES string of the molecule is CC(C)C1=C\C=C2\NCCC\C2=C\C=C\1. The van der Waals surface area contributed by atoms with Gasteiger partial charge in [-0.15, -0.1) is 0 Å². The molecule has 0 saturated carbocycles. The maximum atomic E-state index is 3.46. The number of nitrogens with one attached hydrogen (secondary N) is 1. The van der Waals surface area contributed by atoms with Gasteiger partial charge in [-0.2, -0.15) is 0 Å². The average Bonchev–Trinajstić information content (AvgIpc) is 2.18. The molecule has 0 atom stereocenters. The summed E-state index contributed by atoms with van der Waals surface area (Å²) < 4.78 is 0. The Labute approximate surface area is 92.3 Å². The molecular formula is C14H19N. The normalized spacial score (nSPS) is 33.1. The van der Waals surface area contributed by atoms with Crippen molar-refractivity contribution < 1.29 is 0 Å². The van der Waals surface area contributed by atoms with Crippen LogP contribution in [0.2, 0.25) is 0 Å². The van der Waals surface area contributed by atoms with Gasteiger partial charge in [0, 0.05) is 12.2 Å². The molecule has 0 bridgehead atoms. The first kappa shape index (κ1) is 10.3. The molecular weight excluding hydrogens is 182 g/mol. The summed E-state index contributed by atoms with van der Waals surface area (Å²) in [7, 11) is 0. The van der Waals surface area contributed by atoms with E-state index in [1.165, 1.54) is 29.7 Å². The highest BCUT2D eigenvalue weighted by Gasteiger charge is 2.10. The maximum absolute atomic E-state index is 3.46. The van der Waals surface area contributed by atoms with Crippen LogP contribution in [0.4, 0.5) is 0 Å². The first-order valence-corrected chi connectivity index (χ1v) is 5.81. The Morgan fingerprint density at radius 1 is 1.20 bits per heavy atom. The fourth-order valence-electron chi connectivity index (χ4n) is 1.98. The molecule has 1 N–H and O–H groups in total. The quantitative estimate of drug-likeness (QED) is 0.686. The summed E-state index contributed by atoms with van der Waals surface area (Å²) in [6.45, 7) is 5.57. The Morgan fingerprint density at radius 2 is 2.07 bits per heavy atom. The number of rotatable bonds is 1. The highest BCUT2D eigenvalue weighted by Crippen LogP contribution is 2.22. The number of piperidine rings is 1. The van der Waals surface area contributed by atoms with Crippen LogP contribution in [0.15, 0.2) is 47.2 Å². The minimum atomic E-state index is 0.594. The van der Waals surface area contributed by atoms with Crippen molar-refractivity contribution in [1.29, 1.82) is 0 Å². The summed E-state index contributed by atoms with van der Waals surface area (Å²) in [4.78, 5) is 0. The summed E-state index contributed by atoms with van der Waals surface area (Å²) in [6, 6.07) is 0. The topological polar surface area (TPSA) is 12.0 Å². The van der Waals surface area contributed by atoms with Crippen molar-refractivity contribution in [2.75, 3.05) is 6.54 Å². The summed E-state index contributed by atoms with van der Waals surface area (Å²) in [6.07, 6.45) is 13.6. The minimum absolute atomic E-state index is 0.594. The van der Waals surface area contributed by atoms with E-state index in [2.05, 4.69) is 49.5 Å². The number of hydrogen-bond acceptors (Lipinski definition) is 1. The zero-order valence-corrected chi connectivity index (χ0v) is 9.59. The van der Waals surface area contributed by atoms with Crippen LogP contribution in [0, 0.1) is 5.92 Å². The van der Waals surface area contributed by atoms with Crippen molar-refractivity contribution in [2.45, 2.75) is 26.7 Å². The van der Waals surface area contributed by atoms with E-state index in [-0.39, 0.29) is 0 Å². The Balaban J connectivity index is 2.27. The third-order valence-corrected chi connectivity index (χ3v) is 2.98. The predicted octanol–water partition coefficient (Wildman–Crippen LogP) is 3.33. The molecule has 1 fully saturated rings. The van der Waals surface area contributed by atoms with Crippen LogP contribution in [-0.2, 0) is 0 Å². The van der Waals surface area contributed by atoms with Crippen molar-refractivity contribution in [2.24, 2.45) is 5.92 Å². The van der Waals surface area contributed by atoms with Gasteiger partial charge in [-0.1, -0.05) is 38.2 Å². The van der Waals surface area contributed by atoms with E-state index in [9.17, 15) is 0 Å². The molecule has 1 aliphatic heterocycles. The van der Waals surface area contributed by atoms with Crippen LogP contribution in [0.25, 0.3) is 0 Å². The number of fused-ring (bicyclic) bond motifs is 1. The van der Waals surface area contributed by atoms with Crippen LogP contribution in [0.3, 0.4) is 0 Å². The molecule has 0 spiro atoms. The van der Waals surface area contributed by atoms with E-state index in [0.29, 0.717) is 5.92 Å². The lowest BCUT2D eigenvalue weighted by Crippen LogP contribution is -2.22. The van der Waals surface area contributed by atoms with Crippen LogP contribution >= 0.6 is 0 Å². The van der Waals surface area contributed by atoms with Gasteiger partial charge in [-0.3, -0.25) is 0 Å². The molecule has 1 aliphatic carbocycles. The highest BCUT2D eigenvalue weighted by molar-refractivity contribution is 5.42. The summed E-state index contributed by atoms with van der Waals surface area (Å²) in [5, 5.41) is 3.46. The summed E-state index contributed by atoms with van der Waals surface area (Å²) in [5.74, 6) is 0.594. The number of allylic oxidation sites excluding steroid dienone is 7. The molecule has 2 aliphatic rings. The van der Waals surface area contributed by atoms with E-state index >= 15 is 0 Å². The Morgan fingerprint density at radius 3 is 2.87 bits per heavy atom. The van der Waals surface area contributed by atoms with Crippen LogP contribution in [0.5, 0.6) is 0 Å². The molecule has 0 unspecified atom stereocenters. The Hall–Kier alpha value is -1.24. The molecule has 1 heterocycles. The zero-order valence-electron chi connectivity index (χ0n) is 9.59. The highest BCUT2D eigenvalue weighted by atomic mass is 14.9. The molecule has 0 amide bonds. The maximum Gasteiger partial charge on any atom is 0.0372 e. The van der Waals surface area contributed by atoms with E-state index in [1.54, 1.807) is 0 Å². The van der Waals surface area contributed by atoms with Gasteiger partial charge in [0.15, 0.2) is 0 Å². The van der Waals surface area contributed by atoms with E-state index < -0.39 is 0 Å². The third kappa shape index (κ3) is 2.41. The summed E-state index contributed by atoms with van der Waals surface area (Å²) in [5.41, 5.74) is 4.14. The second-order valence-electron chi connectivity index (χ2n) is 4.48. The molecule has 0 aromatic carbocycles. The number of hydrogen-bond donors (Lipinski definition) is 1. The van der Waals surface area contributed by atoms with Gasteiger partial charge in [-0.25, -0.2) is 0 Å². The fraction of sp³-hybridized carbons (Fsp3) is 0.429.